The normalized spacial score (nSPS) is 10.1. The first-order chi connectivity index (χ1) is 7.24. The van der Waals surface area contributed by atoms with Gasteiger partial charge in [0.25, 0.3) is 0 Å². The zero-order chi connectivity index (χ0) is 10.8. The van der Waals surface area contributed by atoms with E-state index in [4.69, 9.17) is 0 Å². The van der Waals surface area contributed by atoms with E-state index in [2.05, 4.69) is 16.9 Å². The molecule has 0 aliphatic carbocycles. The molecular weight excluding hydrogens is 192 g/mol. The largest absolute Gasteiger partial charge is 0.507 e. The van der Waals surface area contributed by atoms with E-state index >= 15 is 0 Å². The van der Waals surface area contributed by atoms with Crippen molar-refractivity contribution in [2.75, 3.05) is 0 Å². The number of aromatic hydroxyl groups is 1. The Morgan fingerprint density at radius 2 is 2.27 bits per heavy atom. The van der Waals surface area contributed by atoms with Gasteiger partial charge in [-0.15, -0.1) is 0 Å². The van der Waals surface area contributed by atoms with E-state index in [1.165, 1.54) is 0 Å². The molecule has 1 heterocycles. The molecule has 0 unspecified atom stereocenters. The Morgan fingerprint density at radius 3 is 3.00 bits per heavy atom. The molecule has 0 saturated carbocycles. The van der Waals surface area contributed by atoms with Crippen LogP contribution in [-0.4, -0.2) is 16.5 Å². The molecule has 0 aliphatic heterocycles. The number of aromatic nitrogens is 1. The second-order valence-electron chi connectivity index (χ2n) is 3.14. The minimum atomic E-state index is 0.0873. The average molecular weight is 202 g/mol. The molecule has 76 valence electrons. The Labute approximate surface area is 86.2 Å². The van der Waals surface area contributed by atoms with Gasteiger partial charge in [0.05, 0.1) is 11.1 Å². The molecule has 0 bridgehead atoms. The highest BCUT2D eigenvalue weighted by Gasteiger charge is 2.10. The maximum absolute atomic E-state index is 10.3. The number of hydrogen-bond acceptors (Lipinski definition) is 2. The Kier molecular flexibility index (Phi) is 2.17. The van der Waals surface area contributed by atoms with E-state index in [9.17, 15) is 9.90 Å². The molecule has 3 N–H and O–H groups in total. The highest BCUT2D eigenvalue weighted by atomic mass is 16.3. The van der Waals surface area contributed by atoms with Gasteiger partial charge in [-0.25, -0.2) is 0 Å². The summed E-state index contributed by atoms with van der Waals surface area (Å²) in [5, 5.41) is 13.1. The smallest absolute Gasteiger partial charge is 0.211 e. The molecular formula is C11H10N2O2. The number of amides is 1. The first kappa shape index (κ1) is 9.33. The lowest BCUT2D eigenvalue weighted by Gasteiger charge is -2.07. The van der Waals surface area contributed by atoms with Crippen molar-refractivity contribution in [2.24, 2.45) is 0 Å². The van der Waals surface area contributed by atoms with Crippen molar-refractivity contribution in [3.8, 4) is 5.75 Å². The summed E-state index contributed by atoms with van der Waals surface area (Å²) in [6, 6.07) is 5.24. The number of fused-ring (bicyclic) bond motifs is 1. The third kappa shape index (κ3) is 1.46. The maximum atomic E-state index is 10.3. The lowest BCUT2D eigenvalue weighted by molar-refractivity contribution is -0.108. The van der Waals surface area contributed by atoms with Crippen LogP contribution in [0, 0.1) is 0 Å². The Bertz CT molecular complexity index is 528. The number of benzene rings is 1. The van der Waals surface area contributed by atoms with Crippen LogP contribution in [0.15, 0.2) is 31.0 Å². The van der Waals surface area contributed by atoms with Crippen molar-refractivity contribution in [2.45, 2.75) is 0 Å². The van der Waals surface area contributed by atoms with Crippen molar-refractivity contribution in [1.29, 1.82) is 0 Å². The molecule has 4 nitrogen and oxygen atoms in total. The molecule has 0 fully saturated rings. The monoisotopic (exact) mass is 202 g/mol. The third-order valence-corrected chi connectivity index (χ3v) is 2.24. The summed E-state index contributed by atoms with van der Waals surface area (Å²) in [5.41, 5.74) is 1.65. The summed E-state index contributed by atoms with van der Waals surface area (Å²) < 4.78 is 0. The summed E-state index contributed by atoms with van der Waals surface area (Å²) in [4.78, 5) is 13.3. The Morgan fingerprint density at radius 1 is 1.47 bits per heavy atom. The second-order valence-corrected chi connectivity index (χ2v) is 3.14. The molecule has 1 aromatic carbocycles. The van der Waals surface area contributed by atoms with E-state index in [0.29, 0.717) is 17.7 Å². The molecule has 2 rings (SSSR count). The average Bonchev–Trinajstić information content (AvgIpc) is 2.65. The number of phenols is 1. The van der Waals surface area contributed by atoms with E-state index in [1.807, 2.05) is 6.07 Å². The first-order valence-corrected chi connectivity index (χ1v) is 4.42. The van der Waals surface area contributed by atoms with Crippen LogP contribution in [0.4, 0.5) is 0 Å². The summed E-state index contributed by atoms with van der Waals surface area (Å²) in [6.45, 7) is 3.68. The molecule has 4 heteroatoms. The van der Waals surface area contributed by atoms with Gasteiger partial charge in [0.15, 0.2) is 0 Å². The van der Waals surface area contributed by atoms with Crippen LogP contribution in [-0.2, 0) is 4.79 Å². The highest BCUT2D eigenvalue weighted by Crippen LogP contribution is 2.29. The third-order valence-electron chi connectivity index (χ3n) is 2.24. The van der Waals surface area contributed by atoms with Crippen LogP contribution < -0.4 is 5.32 Å². The summed E-state index contributed by atoms with van der Waals surface area (Å²) in [5.74, 6) is 0.0873. The molecule has 1 aromatic heterocycles. The van der Waals surface area contributed by atoms with E-state index in [1.54, 1.807) is 18.3 Å². The second kappa shape index (κ2) is 3.49. The lowest BCUT2D eigenvalue weighted by Crippen LogP contribution is -2.08. The van der Waals surface area contributed by atoms with Gasteiger partial charge in [0.1, 0.15) is 5.75 Å². The summed E-state index contributed by atoms with van der Waals surface area (Å²) >= 11 is 0. The van der Waals surface area contributed by atoms with Gasteiger partial charge in [-0.1, -0.05) is 6.58 Å². The fourth-order valence-corrected chi connectivity index (χ4v) is 1.57. The van der Waals surface area contributed by atoms with Gasteiger partial charge in [0, 0.05) is 17.3 Å². The summed E-state index contributed by atoms with van der Waals surface area (Å²) in [6.07, 6.45) is 2.30. The van der Waals surface area contributed by atoms with Gasteiger partial charge >= 0.3 is 0 Å². The van der Waals surface area contributed by atoms with Crippen molar-refractivity contribution >= 4 is 23.0 Å². The van der Waals surface area contributed by atoms with Crippen molar-refractivity contribution in [3.63, 3.8) is 0 Å². The topological polar surface area (TPSA) is 65.1 Å². The molecule has 0 saturated heterocycles. The fraction of sp³-hybridized carbons (Fsp3) is 0. The van der Waals surface area contributed by atoms with Crippen LogP contribution >= 0.6 is 0 Å². The first-order valence-electron chi connectivity index (χ1n) is 4.42. The molecule has 0 radical (unpaired) electrons. The van der Waals surface area contributed by atoms with Crippen molar-refractivity contribution in [1.82, 2.24) is 10.3 Å². The van der Waals surface area contributed by atoms with Crippen LogP contribution in [0.1, 0.15) is 5.56 Å². The number of aromatic amines is 1. The number of carbonyl (C=O) groups is 1. The van der Waals surface area contributed by atoms with E-state index < -0.39 is 0 Å². The zero-order valence-electron chi connectivity index (χ0n) is 7.95. The highest BCUT2D eigenvalue weighted by molar-refractivity contribution is 5.94. The van der Waals surface area contributed by atoms with E-state index in [-0.39, 0.29) is 5.75 Å². The van der Waals surface area contributed by atoms with Crippen LogP contribution in [0.3, 0.4) is 0 Å². The number of phenolic OH excluding ortho intramolecular Hbond substituents is 1. The standard InChI is InChI=1S/C11H10N2O2/c1-7(13-6-14)10-9(15)3-2-8-4-5-12-11(8)10/h2-6,12,15H,1H2,(H,13,14). The van der Waals surface area contributed by atoms with Crippen molar-refractivity contribution < 1.29 is 9.90 Å². The van der Waals surface area contributed by atoms with Gasteiger partial charge in [0.2, 0.25) is 6.41 Å². The number of rotatable bonds is 3. The Hall–Kier alpha value is -2.23. The van der Waals surface area contributed by atoms with Crippen LogP contribution in [0.5, 0.6) is 5.75 Å². The number of hydrogen-bond donors (Lipinski definition) is 3. The number of H-pyrrole nitrogens is 1. The Balaban J connectivity index is 2.65. The molecule has 0 atom stereocenters. The molecule has 1 amide bonds. The van der Waals surface area contributed by atoms with Crippen LogP contribution in [0.25, 0.3) is 16.6 Å². The number of carbonyl (C=O) groups excluding carboxylic acids is 1. The minimum absolute atomic E-state index is 0.0873. The maximum Gasteiger partial charge on any atom is 0.211 e. The predicted molar refractivity (Wildman–Crippen MR) is 58.2 cm³/mol. The van der Waals surface area contributed by atoms with Crippen LogP contribution in [0.2, 0.25) is 0 Å². The minimum Gasteiger partial charge on any atom is -0.507 e. The predicted octanol–water partition coefficient (Wildman–Crippen LogP) is 1.59. The zero-order valence-corrected chi connectivity index (χ0v) is 7.95. The quantitative estimate of drug-likeness (QED) is 0.662. The SMILES string of the molecule is C=C(NC=O)c1c(O)ccc2cc[nH]c12. The lowest BCUT2D eigenvalue weighted by atomic mass is 10.1. The molecule has 0 aliphatic rings. The summed E-state index contributed by atoms with van der Waals surface area (Å²) in [7, 11) is 0. The number of nitrogens with one attached hydrogen (secondary N) is 2. The van der Waals surface area contributed by atoms with Crippen molar-refractivity contribution in [3.05, 3.63) is 36.5 Å². The van der Waals surface area contributed by atoms with Gasteiger partial charge in [-0.3, -0.25) is 4.79 Å². The van der Waals surface area contributed by atoms with Gasteiger partial charge in [-0.2, -0.15) is 0 Å². The van der Waals surface area contributed by atoms with Gasteiger partial charge in [-0.05, 0) is 18.2 Å². The molecule has 2 aromatic rings. The van der Waals surface area contributed by atoms with Gasteiger partial charge < -0.3 is 15.4 Å². The molecule has 0 spiro atoms. The fourth-order valence-electron chi connectivity index (χ4n) is 1.57. The molecule has 15 heavy (non-hydrogen) atoms. The van der Waals surface area contributed by atoms with E-state index in [0.717, 1.165) is 10.9 Å².